The number of rotatable bonds is 3. The number of phenols is 1. The number of aromatic hydroxyl groups is 1. The summed E-state index contributed by atoms with van der Waals surface area (Å²) in [4.78, 5) is 23.4. The van der Waals surface area contributed by atoms with Crippen LogP contribution in [0.1, 0.15) is 5.56 Å². The molecule has 0 aromatic heterocycles. The Morgan fingerprint density at radius 1 is 1.04 bits per heavy atom. The Kier molecular flexibility index (Phi) is 5.56. The van der Waals surface area contributed by atoms with Gasteiger partial charge in [-0.05, 0) is 42.0 Å². The first-order valence-corrected chi connectivity index (χ1v) is 7.10. The molecule has 0 spiro atoms. The van der Waals surface area contributed by atoms with Crippen molar-refractivity contribution in [2.75, 3.05) is 5.32 Å². The minimum absolute atomic E-state index is 0.115. The molecule has 2 amide bonds. The number of nitrogens with zero attached hydrogens (tertiary/aromatic N) is 1. The number of halogens is 2. The smallest absolute Gasteiger partial charge is 0.329 e. The van der Waals surface area contributed by atoms with Crippen molar-refractivity contribution in [3.05, 3.63) is 58.1 Å². The van der Waals surface area contributed by atoms with Gasteiger partial charge in [-0.25, -0.2) is 5.43 Å². The van der Waals surface area contributed by atoms with E-state index >= 15 is 0 Å². The third-order valence-corrected chi connectivity index (χ3v) is 3.50. The molecule has 0 atom stereocenters. The van der Waals surface area contributed by atoms with Crippen LogP contribution in [-0.4, -0.2) is 23.1 Å². The lowest BCUT2D eigenvalue weighted by Crippen LogP contribution is -2.32. The first-order chi connectivity index (χ1) is 11.0. The topological polar surface area (TPSA) is 90.8 Å². The largest absolute Gasteiger partial charge is 0.508 e. The van der Waals surface area contributed by atoms with Crippen molar-refractivity contribution in [3.63, 3.8) is 0 Å². The maximum Gasteiger partial charge on any atom is 0.329 e. The molecule has 0 heterocycles. The maximum atomic E-state index is 11.7. The Bertz CT molecular complexity index is 761. The molecular formula is C15H11Cl2N3O3. The van der Waals surface area contributed by atoms with Crippen molar-refractivity contribution < 1.29 is 14.7 Å². The summed E-state index contributed by atoms with van der Waals surface area (Å²) >= 11 is 11.7. The van der Waals surface area contributed by atoms with Crippen LogP contribution in [0.3, 0.4) is 0 Å². The van der Waals surface area contributed by atoms with E-state index in [-0.39, 0.29) is 21.5 Å². The SMILES string of the molecule is O=C(N/N=C/c1ccc(O)cc1)C(=O)Nc1cccc(Cl)c1Cl. The lowest BCUT2D eigenvalue weighted by molar-refractivity contribution is -0.136. The summed E-state index contributed by atoms with van der Waals surface area (Å²) in [5.74, 6) is -1.78. The Labute approximate surface area is 141 Å². The number of nitrogens with one attached hydrogen (secondary N) is 2. The van der Waals surface area contributed by atoms with Gasteiger partial charge in [-0.1, -0.05) is 29.3 Å². The fourth-order valence-electron chi connectivity index (χ4n) is 1.56. The number of hydrazone groups is 1. The van der Waals surface area contributed by atoms with Crippen LogP contribution in [0.15, 0.2) is 47.6 Å². The van der Waals surface area contributed by atoms with E-state index in [1.807, 2.05) is 0 Å². The Hall–Kier alpha value is -2.57. The molecule has 6 nitrogen and oxygen atoms in total. The molecule has 0 saturated carbocycles. The molecule has 0 fully saturated rings. The highest BCUT2D eigenvalue weighted by atomic mass is 35.5. The molecule has 23 heavy (non-hydrogen) atoms. The summed E-state index contributed by atoms with van der Waals surface area (Å²) in [6.45, 7) is 0. The summed E-state index contributed by atoms with van der Waals surface area (Å²) in [7, 11) is 0. The molecule has 2 aromatic carbocycles. The molecule has 0 bridgehead atoms. The quantitative estimate of drug-likeness (QED) is 0.451. The molecule has 0 aliphatic carbocycles. The lowest BCUT2D eigenvalue weighted by atomic mass is 10.2. The summed E-state index contributed by atoms with van der Waals surface area (Å²) in [5.41, 5.74) is 2.94. The van der Waals surface area contributed by atoms with E-state index in [1.165, 1.54) is 24.4 Å². The van der Waals surface area contributed by atoms with Gasteiger partial charge in [0.25, 0.3) is 0 Å². The second-order valence-electron chi connectivity index (χ2n) is 4.35. The number of phenolic OH excluding ortho intramolecular Hbond substituents is 1. The van der Waals surface area contributed by atoms with E-state index in [0.717, 1.165) is 0 Å². The molecule has 2 aromatic rings. The third-order valence-electron chi connectivity index (χ3n) is 2.68. The molecule has 8 heteroatoms. The monoisotopic (exact) mass is 351 g/mol. The van der Waals surface area contributed by atoms with Crippen molar-refractivity contribution in [1.82, 2.24) is 5.43 Å². The predicted octanol–water partition coefficient (Wildman–Crippen LogP) is 2.79. The Morgan fingerprint density at radius 2 is 1.74 bits per heavy atom. The minimum atomic E-state index is -0.962. The third kappa shape index (κ3) is 4.70. The number of hydrogen-bond donors (Lipinski definition) is 3. The molecule has 118 valence electrons. The number of carbonyl (C=O) groups is 2. The van der Waals surface area contributed by atoms with Crippen molar-refractivity contribution in [2.45, 2.75) is 0 Å². The molecule has 3 N–H and O–H groups in total. The van der Waals surface area contributed by atoms with Crippen LogP contribution in [0.25, 0.3) is 0 Å². The van der Waals surface area contributed by atoms with Gasteiger partial charge in [-0.3, -0.25) is 9.59 Å². The molecular weight excluding hydrogens is 341 g/mol. The second-order valence-corrected chi connectivity index (χ2v) is 5.13. The zero-order valence-electron chi connectivity index (χ0n) is 11.6. The van der Waals surface area contributed by atoms with Gasteiger partial charge in [0.2, 0.25) is 0 Å². The summed E-state index contributed by atoms with van der Waals surface area (Å²) in [6, 6.07) is 10.8. The fraction of sp³-hybridized carbons (Fsp3) is 0. The van der Waals surface area contributed by atoms with Gasteiger partial charge in [-0.15, -0.1) is 0 Å². The highest BCUT2D eigenvalue weighted by Crippen LogP contribution is 2.29. The molecule has 0 saturated heterocycles. The van der Waals surface area contributed by atoms with Crippen molar-refractivity contribution >= 4 is 46.9 Å². The number of carbonyl (C=O) groups excluding carboxylic acids is 2. The second kappa shape index (κ2) is 7.62. The first kappa shape index (κ1) is 16.8. The van der Waals surface area contributed by atoms with E-state index in [4.69, 9.17) is 28.3 Å². The number of hydrogen-bond acceptors (Lipinski definition) is 4. The van der Waals surface area contributed by atoms with Crippen molar-refractivity contribution in [3.8, 4) is 5.75 Å². The number of benzene rings is 2. The van der Waals surface area contributed by atoms with Gasteiger partial charge in [0.05, 0.1) is 21.9 Å². The van der Waals surface area contributed by atoms with Crippen LogP contribution >= 0.6 is 23.2 Å². The van der Waals surface area contributed by atoms with E-state index in [2.05, 4.69) is 15.8 Å². The van der Waals surface area contributed by atoms with Gasteiger partial charge < -0.3 is 10.4 Å². The standard InChI is InChI=1S/C15H11Cl2N3O3/c16-11-2-1-3-12(13(11)17)19-14(22)15(23)20-18-8-9-4-6-10(21)7-5-9/h1-8,21H,(H,19,22)(H,20,23)/b18-8+. The molecule has 0 aliphatic rings. The van der Waals surface area contributed by atoms with Gasteiger partial charge in [0, 0.05) is 0 Å². The van der Waals surface area contributed by atoms with Gasteiger partial charge in [0.1, 0.15) is 5.75 Å². The zero-order chi connectivity index (χ0) is 16.8. The van der Waals surface area contributed by atoms with E-state index in [1.54, 1.807) is 24.3 Å². The number of amides is 2. The van der Waals surface area contributed by atoms with Crippen LogP contribution < -0.4 is 10.7 Å². The zero-order valence-corrected chi connectivity index (χ0v) is 13.1. The molecule has 0 aliphatic heterocycles. The minimum Gasteiger partial charge on any atom is -0.508 e. The van der Waals surface area contributed by atoms with Crippen molar-refractivity contribution in [1.29, 1.82) is 0 Å². The highest BCUT2D eigenvalue weighted by Gasteiger charge is 2.15. The average molecular weight is 352 g/mol. The Balaban J connectivity index is 1.94. The van der Waals surface area contributed by atoms with Gasteiger partial charge >= 0.3 is 11.8 Å². The maximum absolute atomic E-state index is 11.7. The van der Waals surface area contributed by atoms with Gasteiger partial charge in [0.15, 0.2) is 0 Å². The summed E-state index contributed by atoms with van der Waals surface area (Å²) in [5, 5.41) is 15.5. The molecule has 0 unspecified atom stereocenters. The predicted molar refractivity (Wildman–Crippen MR) is 88.9 cm³/mol. The summed E-state index contributed by atoms with van der Waals surface area (Å²) < 4.78 is 0. The number of anilines is 1. The highest BCUT2D eigenvalue weighted by molar-refractivity contribution is 6.45. The normalized spacial score (nSPS) is 10.5. The van der Waals surface area contributed by atoms with E-state index < -0.39 is 11.8 Å². The van der Waals surface area contributed by atoms with Crippen LogP contribution in [0.2, 0.25) is 10.0 Å². The first-order valence-electron chi connectivity index (χ1n) is 6.35. The van der Waals surface area contributed by atoms with E-state index in [9.17, 15) is 9.59 Å². The van der Waals surface area contributed by atoms with Crippen LogP contribution in [0, 0.1) is 0 Å². The van der Waals surface area contributed by atoms with Gasteiger partial charge in [-0.2, -0.15) is 5.10 Å². The van der Waals surface area contributed by atoms with Crippen molar-refractivity contribution in [2.24, 2.45) is 5.10 Å². The molecule has 2 rings (SSSR count). The van der Waals surface area contributed by atoms with E-state index in [0.29, 0.717) is 5.56 Å². The summed E-state index contributed by atoms with van der Waals surface area (Å²) in [6.07, 6.45) is 1.33. The lowest BCUT2D eigenvalue weighted by Gasteiger charge is -2.06. The fourth-order valence-corrected chi connectivity index (χ4v) is 1.90. The molecule has 0 radical (unpaired) electrons. The van der Waals surface area contributed by atoms with Crippen LogP contribution in [0.5, 0.6) is 5.75 Å². The Morgan fingerprint density at radius 3 is 2.43 bits per heavy atom. The van der Waals surface area contributed by atoms with Crippen LogP contribution in [0.4, 0.5) is 5.69 Å². The average Bonchev–Trinajstić information content (AvgIpc) is 2.53. The van der Waals surface area contributed by atoms with Crippen LogP contribution in [-0.2, 0) is 9.59 Å².